The summed E-state index contributed by atoms with van der Waals surface area (Å²) in [5.74, 6) is -0.0139. The Morgan fingerprint density at radius 2 is 1.48 bits per heavy atom. The molecule has 0 bridgehead atoms. The number of hydrogen-bond acceptors (Lipinski definition) is 3. The van der Waals surface area contributed by atoms with Gasteiger partial charge >= 0.3 is 5.97 Å². The second kappa shape index (κ2) is 7.13. The number of hydrogen-bond donors (Lipinski definition) is 0. The van der Waals surface area contributed by atoms with Crippen LogP contribution in [0.1, 0.15) is 75.7 Å². The lowest BCUT2D eigenvalue weighted by Crippen LogP contribution is -2.43. The molecule has 0 aromatic carbocycles. The van der Waals surface area contributed by atoms with Crippen molar-refractivity contribution in [1.29, 1.82) is 0 Å². The summed E-state index contributed by atoms with van der Waals surface area (Å²) in [6, 6.07) is 0. The standard InChI is InChI=1S/C18H36O3/c1-11-16(5,6)17(7,8)14(4)20-12-15(19)21-18(9,10)13(2)3/h13-14H,11-12H2,1-10H3. The van der Waals surface area contributed by atoms with Crippen molar-refractivity contribution in [2.75, 3.05) is 6.61 Å². The fourth-order valence-electron chi connectivity index (χ4n) is 1.85. The lowest BCUT2D eigenvalue weighted by Gasteiger charge is -2.45. The van der Waals surface area contributed by atoms with E-state index < -0.39 is 5.60 Å². The molecule has 0 aromatic rings. The molecule has 3 nitrogen and oxygen atoms in total. The summed E-state index contributed by atoms with van der Waals surface area (Å²) in [6.07, 6.45) is 1.06. The highest BCUT2D eigenvalue weighted by Gasteiger charge is 2.41. The number of carbonyl (C=O) groups excluding carboxylic acids is 1. The molecule has 126 valence electrons. The molecule has 0 spiro atoms. The first-order chi connectivity index (χ1) is 9.28. The summed E-state index contributed by atoms with van der Waals surface area (Å²) in [7, 11) is 0. The Kier molecular flexibility index (Phi) is 6.93. The molecule has 0 aliphatic carbocycles. The lowest BCUT2D eigenvalue weighted by atomic mass is 9.64. The average Bonchev–Trinajstić information content (AvgIpc) is 2.34. The van der Waals surface area contributed by atoms with Gasteiger partial charge in [0.25, 0.3) is 0 Å². The monoisotopic (exact) mass is 300 g/mol. The van der Waals surface area contributed by atoms with Gasteiger partial charge in [0.15, 0.2) is 0 Å². The summed E-state index contributed by atoms with van der Waals surface area (Å²) in [4.78, 5) is 12.0. The van der Waals surface area contributed by atoms with E-state index in [0.29, 0.717) is 0 Å². The molecule has 0 saturated heterocycles. The molecule has 1 atom stereocenters. The summed E-state index contributed by atoms with van der Waals surface area (Å²) in [5.41, 5.74) is -0.328. The van der Waals surface area contributed by atoms with Crippen LogP contribution in [0.15, 0.2) is 0 Å². The van der Waals surface area contributed by atoms with Crippen molar-refractivity contribution in [1.82, 2.24) is 0 Å². The van der Waals surface area contributed by atoms with Gasteiger partial charge in [-0.3, -0.25) is 0 Å². The maximum atomic E-state index is 12.0. The first-order valence-electron chi connectivity index (χ1n) is 8.11. The molecule has 0 aliphatic heterocycles. The van der Waals surface area contributed by atoms with Crippen molar-refractivity contribution in [2.45, 2.75) is 87.4 Å². The molecule has 0 rings (SSSR count). The van der Waals surface area contributed by atoms with Gasteiger partial charge in [-0.2, -0.15) is 0 Å². The van der Waals surface area contributed by atoms with E-state index in [2.05, 4.69) is 34.6 Å². The van der Waals surface area contributed by atoms with Gasteiger partial charge in [-0.25, -0.2) is 4.79 Å². The first-order valence-corrected chi connectivity index (χ1v) is 8.11. The van der Waals surface area contributed by atoms with Crippen molar-refractivity contribution in [2.24, 2.45) is 16.7 Å². The van der Waals surface area contributed by atoms with Crippen LogP contribution in [0.5, 0.6) is 0 Å². The molecule has 0 aromatic heterocycles. The third-order valence-electron chi connectivity index (χ3n) is 5.86. The summed E-state index contributed by atoms with van der Waals surface area (Å²) >= 11 is 0. The van der Waals surface area contributed by atoms with Crippen LogP contribution in [0.4, 0.5) is 0 Å². The van der Waals surface area contributed by atoms with Crippen LogP contribution in [-0.4, -0.2) is 24.3 Å². The predicted molar refractivity (Wildman–Crippen MR) is 88.3 cm³/mol. The maximum Gasteiger partial charge on any atom is 0.332 e. The Bertz CT molecular complexity index is 340. The molecule has 3 heteroatoms. The highest BCUT2D eigenvalue weighted by Crippen LogP contribution is 2.44. The second-order valence-electron chi connectivity index (χ2n) is 8.14. The predicted octanol–water partition coefficient (Wildman–Crippen LogP) is 4.83. The highest BCUT2D eigenvalue weighted by atomic mass is 16.6. The topological polar surface area (TPSA) is 35.5 Å². The molecule has 0 saturated carbocycles. The zero-order chi connectivity index (χ0) is 17.1. The third kappa shape index (κ3) is 5.28. The van der Waals surface area contributed by atoms with E-state index in [9.17, 15) is 4.79 Å². The SMILES string of the molecule is CCC(C)(C)C(C)(C)C(C)OCC(=O)OC(C)(C)C(C)C. The third-order valence-corrected chi connectivity index (χ3v) is 5.86. The molecular weight excluding hydrogens is 264 g/mol. The van der Waals surface area contributed by atoms with Crippen molar-refractivity contribution in [3.63, 3.8) is 0 Å². The zero-order valence-corrected chi connectivity index (χ0v) is 15.8. The molecule has 21 heavy (non-hydrogen) atoms. The minimum atomic E-state index is -0.456. The average molecular weight is 300 g/mol. The van der Waals surface area contributed by atoms with Gasteiger partial charge in [0.05, 0.1) is 6.10 Å². The number of esters is 1. The molecular formula is C18H36O3. The minimum Gasteiger partial charge on any atom is -0.458 e. The lowest BCUT2D eigenvalue weighted by molar-refractivity contribution is -0.172. The van der Waals surface area contributed by atoms with E-state index in [4.69, 9.17) is 9.47 Å². The van der Waals surface area contributed by atoms with Crippen LogP contribution >= 0.6 is 0 Å². The van der Waals surface area contributed by atoms with Crippen LogP contribution in [0.2, 0.25) is 0 Å². The van der Waals surface area contributed by atoms with Gasteiger partial charge in [0.1, 0.15) is 12.2 Å². The van der Waals surface area contributed by atoms with Crippen LogP contribution in [0.3, 0.4) is 0 Å². The van der Waals surface area contributed by atoms with Crippen molar-refractivity contribution < 1.29 is 14.3 Å². The summed E-state index contributed by atoms with van der Waals surface area (Å²) < 4.78 is 11.3. The molecule has 0 heterocycles. The van der Waals surface area contributed by atoms with E-state index in [-0.39, 0.29) is 35.4 Å². The van der Waals surface area contributed by atoms with Crippen LogP contribution in [-0.2, 0) is 14.3 Å². The Balaban J connectivity index is 4.57. The zero-order valence-electron chi connectivity index (χ0n) is 15.8. The fraction of sp³-hybridized carbons (Fsp3) is 0.944. The van der Waals surface area contributed by atoms with E-state index in [1.807, 2.05) is 34.6 Å². The molecule has 0 amide bonds. The van der Waals surface area contributed by atoms with Crippen molar-refractivity contribution >= 4 is 5.97 Å². The van der Waals surface area contributed by atoms with Crippen LogP contribution in [0.25, 0.3) is 0 Å². The van der Waals surface area contributed by atoms with Gasteiger partial charge in [-0.15, -0.1) is 0 Å². The summed E-state index contributed by atoms with van der Waals surface area (Å²) in [6.45, 7) is 21.1. The Labute approximate surface area is 131 Å². The molecule has 0 aliphatic rings. The van der Waals surface area contributed by atoms with E-state index >= 15 is 0 Å². The number of ether oxygens (including phenoxy) is 2. The van der Waals surface area contributed by atoms with E-state index in [1.165, 1.54) is 0 Å². The van der Waals surface area contributed by atoms with E-state index in [1.54, 1.807) is 0 Å². The molecule has 0 radical (unpaired) electrons. The van der Waals surface area contributed by atoms with E-state index in [0.717, 1.165) is 6.42 Å². The highest BCUT2D eigenvalue weighted by molar-refractivity contribution is 5.71. The smallest absolute Gasteiger partial charge is 0.332 e. The van der Waals surface area contributed by atoms with Gasteiger partial charge in [-0.1, -0.05) is 54.9 Å². The van der Waals surface area contributed by atoms with Gasteiger partial charge in [0, 0.05) is 0 Å². The second-order valence-corrected chi connectivity index (χ2v) is 8.14. The number of carbonyl (C=O) groups is 1. The quantitative estimate of drug-likeness (QED) is 0.602. The van der Waals surface area contributed by atoms with Crippen LogP contribution in [0, 0.1) is 16.7 Å². The largest absolute Gasteiger partial charge is 0.458 e. The Morgan fingerprint density at radius 1 is 1.00 bits per heavy atom. The summed E-state index contributed by atoms with van der Waals surface area (Å²) in [5, 5.41) is 0. The van der Waals surface area contributed by atoms with Gasteiger partial charge in [-0.05, 0) is 37.5 Å². The normalized spacial score (nSPS) is 15.2. The van der Waals surface area contributed by atoms with Crippen molar-refractivity contribution in [3.05, 3.63) is 0 Å². The van der Waals surface area contributed by atoms with Crippen LogP contribution < -0.4 is 0 Å². The van der Waals surface area contributed by atoms with Gasteiger partial charge < -0.3 is 9.47 Å². The Hall–Kier alpha value is -0.570. The molecule has 0 N–H and O–H groups in total. The minimum absolute atomic E-state index is 0.0119. The van der Waals surface area contributed by atoms with Gasteiger partial charge in [0.2, 0.25) is 0 Å². The fourth-order valence-corrected chi connectivity index (χ4v) is 1.85. The molecule has 1 unspecified atom stereocenters. The Morgan fingerprint density at radius 3 is 1.86 bits per heavy atom. The number of rotatable bonds is 8. The maximum absolute atomic E-state index is 12.0. The molecule has 0 fully saturated rings. The first kappa shape index (κ1) is 20.4. The van der Waals surface area contributed by atoms with Crippen molar-refractivity contribution in [3.8, 4) is 0 Å².